The van der Waals surface area contributed by atoms with Crippen molar-refractivity contribution in [3.63, 3.8) is 0 Å². The smallest absolute Gasteiger partial charge is 0.227 e. The summed E-state index contributed by atoms with van der Waals surface area (Å²) in [6.07, 6.45) is 2.81. The van der Waals surface area contributed by atoms with E-state index >= 15 is 0 Å². The quantitative estimate of drug-likeness (QED) is 0.503. The predicted molar refractivity (Wildman–Crippen MR) is 138 cm³/mol. The van der Waals surface area contributed by atoms with Crippen LogP contribution < -0.4 is 9.47 Å². The van der Waals surface area contributed by atoms with Crippen LogP contribution >= 0.6 is 0 Å². The molecule has 1 amide bonds. The molecule has 3 aromatic carbocycles. The number of amides is 1. The van der Waals surface area contributed by atoms with Crippen LogP contribution in [0.15, 0.2) is 72.8 Å². The van der Waals surface area contributed by atoms with Crippen LogP contribution in [0, 0.1) is 5.92 Å². The van der Waals surface area contributed by atoms with E-state index in [1.54, 1.807) is 14.2 Å². The van der Waals surface area contributed by atoms with E-state index < -0.39 is 0 Å². The molecule has 1 fully saturated rings. The Morgan fingerprint density at radius 2 is 1.60 bits per heavy atom. The lowest BCUT2D eigenvalue weighted by atomic mass is 9.86. The third-order valence-corrected chi connectivity index (χ3v) is 7.38. The minimum absolute atomic E-state index is 0.0142. The first kappa shape index (κ1) is 23.4. The fourth-order valence-corrected chi connectivity index (χ4v) is 5.65. The summed E-state index contributed by atoms with van der Waals surface area (Å²) in [6, 6.07) is 24.9. The molecule has 2 aliphatic rings. The number of fused-ring (bicyclic) bond motifs is 1. The number of hydrogen-bond donors (Lipinski definition) is 0. The molecule has 0 saturated carbocycles. The Hall–Kier alpha value is -3.31. The fraction of sp³-hybridized carbons (Fsp3) is 0.367. The Morgan fingerprint density at radius 3 is 2.31 bits per heavy atom. The predicted octanol–water partition coefficient (Wildman–Crippen LogP) is 5.09. The van der Waals surface area contributed by atoms with E-state index in [9.17, 15) is 4.79 Å². The van der Waals surface area contributed by atoms with E-state index in [4.69, 9.17) is 9.47 Å². The molecule has 0 aromatic heterocycles. The van der Waals surface area contributed by atoms with Gasteiger partial charge in [-0.05, 0) is 60.2 Å². The lowest BCUT2D eigenvalue weighted by molar-refractivity contribution is -0.139. The minimum Gasteiger partial charge on any atom is -0.493 e. The van der Waals surface area contributed by atoms with Crippen molar-refractivity contribution >= 4 is 5.91 Å². The SMILES string of the molecule is COc1cc2c(cc1OC)C(c1ccccc1)N(C(=O)C1CCCN(Cc3ccccc3)C1)CC2. The van der Waals surface area contributed by atoms with E-state index in [1.165, 1.54) is 11.1 Å². The number of rotatable bonds is 6. The van der Waals surface area contributed by atoms with Gasteiger partial charge in [0, 0.05) is 19.6 Å². The van der Waals surface area contributed by atoms with Crippen LogP contribution in [0.1, 0.15) is 41.1 Å². The number of carbonyl (C=O) groups is 1. The maximum absolute atomic E-state index is 14.1. The molecule has 5 rings (SSSR count). The monoisotopic (exact) mass is 470 g/mol. The van der Waals surface area contributed by atoms with Crippen LogP contribution in [-0.4, -0.2) is 49.6 Å². The molecule has 0 spiro atoms. The first-order valence-electron chi connectivity index (χ1n) is 12.5. The molecule has 0 bridgehead atoms. The van der Waals surface area contributed by atoms with Gasteiger partial charge in [0.05, 0.1) is 26.2 Å². The fourth-order valence-electron chi connectivity index (χ4n) is 5.65. The van der Waals surface area contributed by atoms with Gasteiger partial charge in [-0.1, -0.05) is 60.7 Å². The van der Waals surface area contributed by atoms with Crippen molar-refractivity contribution in [1.29, 1.82) is 0 Å². The van der Waals surface area contributed by atoms with Crippen LogP contribution in [0.4, 0.5) is 0 Å². The van der Waals surface area contributed by atoms with Crippen LogP contribution in [-0.2, 0) is 17.8 Å². The van der Waals surface area contributed by atoms with Crippen LogP contribution in [0.2, 0.25) is 0 Å². The minimum atomic E-state index is -0.128. The molecule has 2 heterocycles. The molecule has 2 aliphatic heterocycles. The molecule has 35 heavy (non-hydrogen) atoms. The second-order valence-corrected chi connectivity index (χ2v) is 9.56. The zero-order chi connectivity index (χ0) is 24.2. The number of carbonyl (C=O) groups excluding carboxylic acids is 1. The zero-order valence-corrected chi connectivity index (χ0v) is 20.7. The van der Waals surface area contributed by atoms with Gasteiger partial charge in [0.2, 0.25) is 5.91 Å². The van der Waals surface area contributed by atoms with E-state index in [0.29, 0.717) is 12.3 Å². The van der Waals surface area contributed by atoms with Crippen molar-refractivity contribution in [2.45, 2.75) is 31.8 Å². The maximum Gasteiger partial charge on any atom is 0.227 e. The Kier molecular flexibility index (Phi) is 7.05. The summed E-state index contributed by atoms with van der Waals surface area (Å²) in [6.45, 7) is 3.45. The number of piperidine rings is 1. The zero-order valence-electron chi connectivity index (χ0n) is 20.7. The number of nitrogens with zero attached hydrogens (tertiary/aromatic N) is 2. The van der Waals surface area contributed by atoms with Crippen molar-refractivity contribution in [3.05, 3.63) is 95.1 Å². The van der Waals surface area contributed by atoms with Gasteiger partial charge in [-0.25, -0.2) is 0 Å². The Balaban J connectivity index is 1.44. The van der Waals surface area contributed by atoms with Gasteiger partial charge < -0.3 is 14.4 Å². The maximum atomic E-state index is 14.1. The number of likely N-dealkylation sites (tertiary alicyclic amines) is 1. The Labute approximate surface area is 208 Å². The van der Waals surface area contributed by atoms with Crippen molar-refractivity contribution in [2.75, 3.05) is 33.9 Å². The van der Waals surface area contributed by atoms with Gasteiger partial charge in [-0.15, -0.1) is 0 Å². The average Bonchev–Trinajstić information content (AvgIpc) is 2.92. The molecule has 2 unspecified atom stereocenters. The third kappa shape index (κ3) is 4.92. The topological polar surface area (TPSA) is 42.0 Å². The summed E-state index contributed by atoms with van der Waals surface area (Å²) in [5.74, 6) is 1.72. The summed E-state index contributed by atoms with van der Waals surface area (Å²) < 4.78 is 11.2. The van der Waals surface area contributed by atoms with Crippen LogP contribution in [0.25, 0.3) is 0 Å². The van der Waals surface area contributed by atoms with Gasteiger partial charge in [0.1, 0.15) is 0 Å². The molecule has 3 aromatic rings. The second kappa shape index (κ2) is 10.5. The number of ether oxygens (including phenoxy) is 2. The van der Waals surface area contributed by atoms with E-state index in [0.717, 1.165) is 55.8 Å². The number of benzene rings is 3. The molecule has 5 heteroatoms. The first-order valence-corrected chi connectivity index (χ1v) is 12.5. The van der Waals surface area contributed by atoms with Crippen LogP contribution in [0.5, 0.6) is 11.5 Å². The summed E-state index contributed by atoms with van der Waals surface area (Å²) in [5.41, 5.74) is 4.78. The Bertz CT molecular complexity index is 1150. The van der Waals surface area contributed by atoms with Gasteiger partial charge in [-0.2, -0.15) is 0 Å². The summed E-state index contributed by atoms with van der Waals surface area (Å²) in [5, 5.41) is 0. The normalized spacial score (nSPS) is 20.2. The first-order chi connectivity index (χ1) is 17.2. The third-order valence-electron chi connectivity index (χ3n) is 7.38. The Morgan fingerprint density at radius 1 is 0.914 bits per heavy atom. The molecular weight excluding hydrogens is 436 g/mol. The van der Waals surface area contributed by atoms with Crippen molar-refractivity contribution < 1.29 is 14.3 Å². The number of methoxy groups -OCH3 is 2. The van der Waals surface area contributed by atoms with Gasteiger partial charge >= 0.3 is 0 Å². The molecule has 5 nitrogen and oxygen atoms in total. The van der Waals surface area contributed by atoms with Gasteiger partial charge in [0.15, 0.2) is 11.5 Å². The van der Waals surface area contributed by atoms with Crippen molar-refractivity contribution in [3.8, 4) is 11.5 Å². The lowest BCUT2D eigenvalue weighted by Gasteiger charge is -2.41. The highest BCUT2D eigenvalue weighted by Crippen LogP contribution is 2.42. The van der Waals surface area contributed by atoms with Crippen molar-refractivity contribution in [2.24, 2.45) is 5.92 Å². The summed E-state index contributed by atoms with van der Waals surface area (Å²) >= 11 is 0. The molecule has 2 atom stereocenters. The van der Waals surface area contributed by atoms with Gasteiger partial charge in [0.25, 0.3) is 0 Å². The highest BCUT2D eigenvalue weighted by molar-refractivity contribution is 5.81. The summed E-state index contributed by atoms with van der Waals surface area (Å²) in [4.78, 5) is 18.6. The van der Waals surface area contributed by atoms with Gasteiger partial charge in [-0.3, -0.25) is 9.69 Å². The molecule has 0 N–H and O–H groups in total. The highest BCUT2D eigenvalue weighted by atomic mass is 16.5. The largest absolute Gasteiger partial charge is 0.493 e. The van der Waals surface area contributed by atoms with E-state index in [2.05, 4.69) is 76.5 Å². The molecule has 182 valence electrons. The second-order valence-electron chi connectivity index (χ2n) is 9.56. The van der Waals surface area contributed by atoms with E-state index in [-0.39, 0.29) is 17.9 Å². The van der Waals surface area contributed by atoms with Crippen molar-refractivity contribution in [1.82, 2.24) is 9.80 Å². The molecule has 1 saturated heterocycles. The number of hydrogen-bond acceptors (Lipinski definition) is 4. The average molecular weight is 471 g/mol. The molecular formula is C30H34N2O3. The lowest BCUT2D eigenvalue weighted by Crippen LogP contribution is -2.48. The standard InChI is InChI=1S/C30H34N2O3/c1-34-27-18-24-15-17-32(29(23-12-7-4-8-13-23)26(24)19-28(27)35-2)30(33)25-14-9-16-31(21-25)20-22-10-5-3-6-11-22/h3-8,10-13,18-19,25,29H,9,14-17,20-21H2,1-2H3. The van der Waals surface area contributed by atoms with E-state index in [1.807, 2.05) is 6.07 Å². The molecule has 0 radical (unpaired) electrons. The van der Waals surface area contributed by atoms with Crippen LogP contribution in [0.3, 0.4) is 0 Å². The highest BCUT2D eigenvalue weighted by Gasteiger charge is 2.37. The molecule has 0 aliphatic carbocycles. The summed E-state index contributed by atoms with van der Waals surface area (Å²) in [7, 11) is 3.33.